The minimum absolute atomic E-state index is 0.191. The zero-order valence-corrected chi connectivity index (χ0v) is 17.6. The van der Waals surface area contributed by atoms with Gasteiger partial charge in [0.05, 0.1) is 14.2 Å². The van der Waals surface area contributed by atoms with Gasteiger partial charge in [-0.05, 0) is 48.4 Å². The third-order valence-corrected chi connectivity index (χ3v) is 5.18. The summed E-state index contributed by atoms with van der Waals surface area (Å²) in [6.45, 7) is 0.304. The van der Waals surface area contributed by atoms with Crippen LogP contribution < -0.4 is 14.8 Å². The molecule has 0 spiro atoms. The third kappa shape index (κ3) is 8.48. The van der Waals surface area contributed by atoms with E-state index in [1.54, 1.807) is 32.0 Å². The molecule has 0 heterocycles. The Morgan fingerprint density at radius 1 is 1.00 bits per heavy atom. The van der Waals surface area contributed by atoms with Crippen LogP contribution in [-0.2, 0) is 20.7 Å². The number of carbonyl (C=O) groups is 2. The Kier molecular flexibility index (Phi) is 9.92. The highest BCUT2D eigenvalue weighted by Crippen LogP contribution is 2.28. The van der Waals surface area contributed by atoms with E-state index in [1.165, 1.54) is 4.90 Å². The molecule has 0 fully saturated rings. The normalized spacial score (nSPS) is 10.3. The Morgan fingerprint density at radius 2 is 1.76 bits per heavy atom. The van der Waals surface area contributed by atoms with E-state index in [9.17, 15) is 9.59 Å². The summed E-state index contributed by atoms with van der Waals surface area (Å²) in [6.07, 6.45) is 1.53. The van der Waals surface area contributed by atoms with Crippen LogP contribution in [0.25, 0.3) is 0 Å². The van der Waals surface area contributed by atoms with Gasteiger partial charge in [-0.15, -0.1) is 11.8 Å². The van der Waals surface area contributed by atoms with E-state index >= 15 is 0 Å². The second kappa shape index (κ2) is 12.7. The fourth-order valence-corrected chi connectivity index (χ4v) is 3.43. The van der Waals surface area contributed by atoms with Crippen molar-refractivity contribution in [3.63, 3.8) is 0 Å². The molecule has 1 N–H and O–H groups in total. The molecule has 0 bridgehead atoms. The van der Waals surface area contributed by atoms with Crippen molar-refractivity contribution in [3.05, 3.63) is 54.1 Å². The highest BCUT2D eigenvalue weighted by molar-refractivity contribution is 7.99. The van der Waals surface area contributed by atoms with Gasteiger partial charge in [0, 0.05) is 17.9 Å². The van der Waals surface area contributed by atoms with E-state index in [-0.39, 0.29) is 18.9 Å². The van der Waals surface area contributed by atoms with Crippen LogP contribution in [0.15, 0.2) is 53.4 Å². The molecule has 0 saturated carbocycles. The predicted octanol–water partition coefficient (Wildman–Crippen LogP) is 3.48. The van der Waals surface area contributed by atoms with Gasteiger partial charge in [-0.1, -0.05) is 24.3 Å². The molecule has 0 aliphatic carbocycles. The number of amides is 1. The van der Waals surface area contributed by atoms with E-state index in [4.69, 9.17) is 14.2 Å². The lowest BCUT2D eigenvalue weighted by atomic mass is 10.1. The number of methoxy groups -OCH3 is 2. The lowest BCUT2D eigenvalue weighted by molar-refractivity contribution is -0.148. The Hall–Kier alpha value is -2.67. The highest BCUT2D eigenvalue weighted by atomic mass is 32.2. The molecule has 0 atom stereocenters. The number of nitrogens with one attached hydrogen (secondary N) is 1. The van der Waals surface area contributed by atoms with Gasteiger partial charge < -0.3 is 19.5 Å². The monoisotopic (exact) mass is 417 g/mol. The van der Waals surface area contributed by atoms with Crippen LogP contribution in [-0.4, -0.2) is 45.0 Å². The first-order valence-electron chi connectivity index (χ1n) is 9.43. The van der Waals surface area contributed by atoms with Crippen molar-refractivity contribution in [2.75, 3.05) is 33.1 Å². The summed E-state index contributed by atoms with van der Waals surface area (Å²) in [5, 5.41) is 2.77. The van der Waals surface area contributed by atoms with Gasteiger partial charge in [0.1, 0.15) is 0 Å². The summed E-state index contributed by atoms with van der Waals surface area (Å²) in [6, 6.07) is 15.6. The maximum atomic E-state index is 11.9. The Bertz CT molecular complexity index is 782. The average Bonchev–Trinajstić information content (AvgIpc) is 2.76. The maximum Gasteiger partial charge on any atom is 0.306 e. The van der Waals surface area contributed by atoms with Crippen molar-refractivity contribution in [1.82, 2.24) is 5.32 Å². The molecule has 0 saturated heterocycles. The van der Waals surface area contributed by atoms with Crippen molar-refractivity contribution in [2.24, 2.45) is 0 Å². The van der Waals surface area contributed by atoms with Crippen LogP contribution >= 0.6 is 11.8 Å². The SMILES string of the molecule is COc1ccc(CCC(=O)OCC(=O)NCCCSc2ccccc2)cc1OC. The molecule has 1 amide bonds. The maximum absolute atomic E-state index is 11.9. The van der Waals surface area contributed by atoms with Crippen LogP contribution in [0.5, 0.6) is 11.5 Å². The second-order valence-corrected chi connectivity index (χ2v) is 7.38. The van der Waals surface area contributed by atoms with Crippen molar-refractivity contribution in [2.45, 2.75) is 24.2 Å². The number of esters is 1. The second-order valence-electron chi connectivity index (χ2n) is 6.22. The highest BCUT2D eigenvalue weighted by Gasteiger charge is 2.10. The molecule has 156 valence electrons. The molecule has 0 aromatic heterocycles. The van der Waals surface area contributed by atoms with E-state index in [2.05, 4.69) is 17.4 Å². The fraction of sp³-hybridized carbons (Fsp3) is 0.364. The molecule has 7 heteroatoms. The molecule has 2 aromatic carbocycles. The van der Waals surface area contributed by atoms with Gasteiger partial charge in [-0.25, -0.2) is 0 Å². The van der Waals surface area contributed by atoms with E-state index in [0.29, 0.717) is 24.5 Å². The minimum Gasteiger partial charge on any atom is -0.493 e. The van der Waals surface area contributed by atoms with Gasteiger partial charge in [0.2, 0.25) is 0 Å². The number of thioether (sulfide) groups is 1. The summed E-state index contributed by atoms with van der Waals surface area (Å²) < 4.78 is 15.5. The smallest absolute Gasteiger partial charge is 0.306 e. The standard InChI is InChI=1S/C22H27NO5S/c1-26-19-11-9-17(15-20(19)27-2)10-12-22(25)28-16-21(24)23-13-6-14-29-18-7-4-3-5-8-18/h3-5,7-9,11,15H,6,10,12-14,16H2,1-2H3,(H,23,24). The molecule has 29 heavy (non-hydrogen) atoms. The number of hydrogen-bond acceptors (Lipinski definition) is 6. The van der Waals surface area contributed by atoms with Crippen molar-refractivity contribution < 1.29 is 23.8 Å². The largest absolute Gasteiger partial charge is 0.493 e. The predicted molar refractivity (Wildman–Crippen MR) is 114 cm³/mol. The molecule has 0 aliphatic rings. The zero-order chi connectivity index (χ0) is 20.9. The molecule has 6 nitrogen and oxygen atoms in total. The van der Waals surface area contributed by atoms with Crippen LogP contribution in [0, 0.1) is 0 Å². The lowest BCUT2D eigenvalue weighted by Crippen LogP contribution is -2.29. The zero-order valence-electron chi connectivity index (χ0n) is 16.8. The number of carbonyl (C=O) groups excluding carboxylic acids is 2. The number of rotatable bonds is 12. The van der Waals surface area contributed by atoms with Crippen molar-refractivity contribution in [3.8, 4) is 11.5 Å². The van der Waals surface area contributed by atoms with Crippen LogP contribution in [0.1, 0.15) is 18.4 Å². The molecule has 2 aromatic rings. The van der Waals surface area contributed by atoms with Crippen molar-refractivity contribution >= 4 is 23.6 Å². The summed E-state index contributed by atoms with van der Waals surface area (Å²) in [5.74, 6) is 1.47. The first-order valence-corrected chi connectivity index (χ1v) is 10.4. The number of aryl methyl sites for hydroxylation is 1. The molecule has 0 radical (unpaired) electrons. The summed E-state index contributed by atoms with van der Waals surface area (Å²) in [4.78, 5) is 24.9. The molecule has 0 unspecified atom stereocenters. The van der Waals surface area contributed by atoms with Crippen LogP contribution in [0.3, 0.4) is 0 Å². The quantitative estimate of drug-likeness (QED) is 0.324. The van der Waals surface area contributed by atoms with E-state index in [0.717, 1.165) is 17.7 Å². The number of hydrogen-bond donors (Lipinski definition) is 1. The fourth-order valence-electron chi connectivity index (χ4n) is 2.56. The van der Waals surface area contributed by atoms with Gasteiger partial charge >= 0.3 is 5.97 Å². The Morgan fingerprint density at radius 3 is 2.48 bits per heavy atom. The molecule has 0 aliphatic heterocycles. The lowest BCUT2D eigenvalue weighted by Gasteiger charge is -2.10. The minimum atomic E-state index is -0.408. The summed E-state index contributed by atoms with van der Waals surface area (Å²) in [5.41, 5.74) is 0.931. The van der Waals surface area contributed by atoms with Gasteiger partial charge in [-0.3, -0.25) is 9.59 Å². The number of benzene rings is 2. The molecular weight excluding hydrogens is 390 g/mol. The van der Waals surface area contributed by atoms with Gasteiger partial charge in [-0.2, -0.15) is 0 Å². The van der Waals surface area contributed by atoms with Gasteiger partial charge in [0.15, 0.2) is 18.1 Å². The first-order chi connectivity index (χ1) is 14.1. The topological polar surface area (TPSA) is 73.9 Å². The Labute approximate surface area is 175 Å². The van der Waals surface area contributed by atoms with Crippen LogP contribution in [0.2, 0.25) is 0 Å². The van der Waals surface area contributed by atoms with E-state index < -0.39 is 5.97 Å². The van der Waals surface area contributed by atoms with Crippen LogP contribution in [0.4, 0.5) is 0 Å². The summed E-state index contributed by atoms with van der Waals surface area (Å²) >= 11 is 1.75. The summed E-state index contributed by atoms with van der Waals surface area (Å²) in [7, 11) is 3.14. The third-order valence-electron chi connectivity index (χ3n) is 4.09. The van der Waals surface area contributed by atoms with Crippen molar-refractivity contribution in [1.29, 1.82) is 0 Å². The first kappa shape index (κ1) is 22.6. The average molecular weight is 418 g/mol. The van der Waals surface area contributed by atoms with E-state index in [1.807, 2.05) is 30.3 Å². The van der Waals surface area contributed by atoms with Gasteiger partial charge in [0.25, 0.3) is 5.91 Å². The Balaban J connectivity index is 1.58. The molecule has 2 rings (SSSR count). The molecular formula is C22H27NO5S. The number of ether oxygens (including phenoxy) is 3.